The number of ether oxygens (including phenoxy) is 3. The van der Waals surface area contributed by atoms with Crippen molar-refractivity contribution in [2.75, 3.05) is 53.2 Å². The number of unbranched alkanes of at least 4 members (excludes halogenated alkanes) is 2. The van der Waals surface area contributed by atoms with Gasteiger partial charge in [-0.2, -0.15) is 0 Å². The smallest absolute Gasteiger partial charge is 0.190 e. The van der Waals surface area contributed by atoms with E-state index in [4.69, 9.17) is 14.2 Å². The summed E-state index contributed by atoms with van der Waals surface area (Å²) in [6, 6.07) is 0. The average molecular weight is 398 g/mol. The molecule has 2 fully saturated rings. The van der Waals surface area contributed by atoms with Crippen molar-refractivity contribution in [3.8, 4) is 0 Å². The first-order valence-electron chi connectivity index (χ1n) is 11.6. The summed E-state index contributed by atoms with van der Waals surface area (Å²) in [5.74, 6) is 1.58. The molecule has 6 nitrogen and oxygen atoms in total. The Morgan fingerprint density at radius 1 is 0.893 bits per heavy atom. The molecular formula is C22H43N3O3. The Balaban J connectivity index is 1.35. The molecule has 0 aromatic heterocycles. The zero-order valence-corrected chi connectivity index (χ0v) is 18.1. The molecule has 1 heterocycles. The minimum Gasteiger partial charge on any atom is -0.381 e. The fourth-order valence-corrected chi connectivity index (χ4v) is 3.86. The normalized spacial score (nSPS) is 19.7. The highest BCUT2D eigenvalue weighted by molar-refractivity contribution is 5.79. The van der Waals surface area contributed by atoms with Gasteiger partial charge in [-0.1, -0.05) is 19.3 Å². The topological polar surface area (TPSA) is 64.1 Å². The molecule has 0 unspecified atom stereocenters. The summed E-state index contributed by atoms with van der Waals surface area (Å²) in [4.78, 5) is 4.29. The Hall–Kier alpha value is -0.850. The molecule has 1 saturated heterocycles. The van der Waals surface area contributed by atoms with Crippen LogP contribution in [0.3, 0.4) is 0 Å². The summed E-state index contributed by atoms with van der Waals surface area (Å²) in [5.41, 5.74) is 0. The second-order valence-electron chi connectivity index (χ2n) is 8.10. The van der Waals surface area contributed by atoms with Crippen molar-refractivity contribution in [3.05, 3.63) is 0 Å². The van der Waals surface area contributed by atoms with Crippen molar-refractivity contribution in [1.29, 1.82) is 0 Å². The largest absolute Gasteiger partial charge is 0.381 e. The number of nitrogens with zero attached hydrogens (tertiary/aromatic N) is 1. The van der Waals surface area contributed by atoms with E-state index in [1.807, 2.05) is 7.05 Å². The Kier molecular flexibility index (Phi) is 13.4. The molecule has 2 rings (SSSR count). The average Bonchev–Trinajstić information content (AvgIpc) is 2.75. The van der Waals surface area contributed by atoms with Crippen LogP contribution in [-0.2, 0) is 14.2 Å². The van der Waals surface area contributed by atoms with E-state index < -0.39 is 0 Å². The molecule has 0 aromatic rings. The monoisotopic (exact) mass is 397 g/mol. The molecule has 1 aliphatic heterocycles. The molecule has 0 spiro atoms. The van der Waals surface area contributed by atoms with Crippen molar-refractivity contribution >= 4 is 5.96 Å². The van der Waals surface area contributed by atoms with Crippen molar-refractivity contribution in [3.63, 3.8) is 0 Å². The fraction of sp³-hybridized carbons (Fsp3) is 0.955. The minimum absolute atomic E-state index is 0.538. The molecule has 0 atom stereocenters. The zero-order valence-electron chi connectivity index (χ0n) is 18.1. The Bertz CT molecular complexity index is 394. The number of guanidine groups is 1. The fourth-order valence-electron chi connectivity index (χ4n) is 3.86. The summed E-state index contributed by atoms with van der Waals surface area (Å²) in [5, 5.41) is 6.76. The first kappa shape index (κ1) is 23.4. The first-order valence-corrected chi connectivity index (χ1v) is 11.6. The highest BCUT2D eigenvalue weighted by Crippen LogP contribution is 2.20. The quantitative estimate of drug-likeness (QED) is 0.283. The molecule has 0 aromatic carbocycles. The van der Waals surface area contributed by atoms with Crippen molar-refractivity contribution in [2.45, 2.75) is 76.7 Å². The first-order chi connectivity index (χ1) is 13.9. The lowest BCUT2D eigenvalue weighted by Gasteiger charge is -2.22. The van der Waals surface area contributed by atoms with Gasteiger partial charge in [0.2, 0.25) is 0 Å². The summed E-state index contributed by atoms with van der Waals surface area (Å²) >= 11 is 0. The summed E-state index contributed by atoms with van der Waals surface area (Å²) in [6.45, 7) is 6.25. The Morgan fingerprint density at radius 3 is 2.39 bits per heavy atom. The van der Waals surface area contributed by atoms with Crippen LogP contribution in [0.5, 0.6) is 0 Å². The Labute approximate surface area is 172 Å². The van der Waals surface area contributed by atoms with Gasteiger partial charge in [-0.05, 0) is 57.3 Å². The standard InChI is InChI=1S/C22H43N3O3/c1-23-22(25-14-8-15-27-19-20-11-17-26-18-12-20)24-13-6-3-7-16-28-21-9-4-2-5-10-21/h20-21H,2-19H2,1H3,(H2,23,24,25). The van der Waals surface area contributed by atoms with Crippen LogP contribution < -0.4 is 10.6 Å². The highest BCUT2D eigenvalue weighted by Gasteiger charge is 2.14. The molecule has 2 aliphatic rings. The van der Waals surface area contributed by atoms with E-state index in [-0.39, 0.29) is 0 Å². The van der Waals surface area contributed by atoms with Gasteiger partial charge >= 0.3 is 0 Å². The van der Waals surface area contributed by atoms with E-state index in [0.29, 0.717) is 12.0 Å². The van der Waals surface area contributed by atoms with E-state index in [0.717, 1.165) is 84.2 Å². The molecule has 6 heteroatoms. The van der Waals surface area contributed by atoms with E-state index in [1.165, 1.54) is 38.5 Å². The van der Waals surface area contributed by atoms with Gasteiger partial charge in [0.25, 0.3) is 0 Å². The second-order valence-corrected chi connectivity index (χ2v) is 8.10. The van der Waals surface area contributed by atoms with Crippen LogP contribution in [0.25, 0.3) is 0 Å². The number of nitrogens with one attached hydrogen (secondary N) is 2. The van der Waals surface area contributed by atoms with Crippen molar-refractivity contribution < 1.29 is 14.2 Å². The third-order valence-electron chi connectivity index (χ3n) is 5.70. The lowest BCUT2D eigenvalue weighted by Crippen LogP contribution is -2.38. The van der Waals surface area contributed by atoms with Crippen LogP contribution in [0.1, 0.15) is 70.6 Å². The number of hydrogen-bond acceptors (Lipinski definition) is 4. The van der Waals surface area contributed by atoms with E-state index in [2.05, 4.69) is 15.6 Å². The molecule has 28 heavy (non-hydrogen) atoms. The summed E-state index contributed by atoms with van der Waals surface area (Å²) < 4.78 is 17.2. The van der Waals surface area contributed by atoms with E-state index in [1.54, 1.807) is 0 Å². The van der Waals surface area contributed by atoms with Crippen LogP contribution in [0, 0.1) is 5.92 Å². The molecule has 1 aliphatic carbocycles. The predicted octanol–water partition coefficient (Wildman–Crippen LogP) is 3.50. The van der Waals surface area contributed by atoms with Crippen molar-refractivity contribution in [2.24, 2.45) is 10.9 Å². The number of rotatable bonds is 13. The third-order valence-corrected chi connectivity index (χ3v) is 5.70. The van der Waals surface area contributed by atoms with Gasteiger partial charge in [0, 0.05) is 53.2 Å². The summed E-state index contributed by atoms with van der Waals surface area (Å²) in [6.07, 6.45) is 14.0. The third kappa shape index (κ3) is 11.2. The molecule has 1 saturated carbocycles. The number of aliphatic imine (C=N–C) groups is 1. The van der Waals surface area contributed by atoms with Gasteiger partial charge in [-0.15, -0.1) is 0 Å². The zero-order chi connectivity index (χ0) is 19.7. The lowest BCUT2D eigenvalue weighted by atomic mass is 9.98. The molecule has 0 bridgehead atoms. The summed E-state index contributed by atoms with van der Waals surface area (Å²) in [7, 11) is 1.83. The second kappa shape index (κ2) is 16.0. The maximum Gasteiger partial charge on any atom is 0.190 e. The number of hydrogen-bond donors (Lipinski definition) is 2. The van der Waals surface area contributed by atoms with Crippen LogP contribution in [0.4, 0.5) is 0 Å². The molecular weight excluding hydrogens is 354 g/mol. The van der Waals surface area contributed by atoms with Gasteiger partial charge in [0.05, 0.1) is 6.10 Å². The van der Waals surface area contributed by atoms with Crippen molar-refractivity contribution in [1.82, 2.24) is 10.6 Å². The Morgan fingerprint density at radius 2 is 1.64 bits per heavy atom. The molecule has 0 radical (unpaired) electrons. The minimum atomic E-state index is 0.538. The molecule has 0 amide bonds. The van der Waals surface area contributed by atoms with E-state index in [9.17, 15) is 0 Å². The van der Waals surface area contributed by atoms with Crippen LogP contribution >= 0.6 is 0 Å². The lowest BCUT2D eigenvalue weighted by molar-refractivity contribution is 0.0203. The van der Waals surface area contributed by atoms with Gasteiger partial charge < -0.3 is 24.8 Å². The highest BCUT2D eigenvalue weighted by atomic mass is 16.5. The van der Waals surface area contributed by atoms with Gasteiger partial charge in [-0.25, -0.2) is 0 Å². The van der Waals surface area contributed by atoms with Gasteiger partial charge in [-0.3, -0.25) is 4.99 Å². The van der Waals surface area contributed by atoms with Gasteiger partial charge in [0.15, 0.2) is 5.96 Å². The van der Waals surface area contributed by atoms with Crippen LogP contribution in [0.15, 0.2) is 4.99 Å². The predicted molar refractivity (Wildman–Crippen MR) is 115 cm³/mol. The van der Waals surface area contributed by atoms with Gasteiger partial charge in [0.1, 0.15) is 0 Å². The van der Waals surface area contributed by atoms with Crippen LogP contribution in [0.2, 0.25) is 0 Å². The maximum atomic E-state index is 5.98. The molecule has 164 valence electrons. The SMILES string of the molecule is CN=C(NCCCCCOC1CCCCC1)NCCCOCC1CCOCC1. The van der Waals surface area contributed by atoms with Crippen LogP contribution in [-0.4, -0.2) is 65.2 Å². The van der Waals surface area contributed by atoms with E-state index >= 15 is 0 Å². The molecule has 2 N–H and O–H groups in total. The maximum absolute atomic E-state index is 5.98.